The van der Waals surface area contributed by atoms with Gasteiger partial charge in [0.2, 0.25) is 0 Å². The van der Waals surface area contributed by atoms with Crippen molar-refractivity contribution >= 4 is 0 Å². The first kappa shape index (κ1) is 15.2. The van der Waals surface area contributed by atoms with E-state index < -0.39 is 0 Å². The van der Waals surface area contributed by atoms with E-state index in [2.05, 4.69) is 43.4 Å². The molecule has 3 unspecified atom stereocenters. The maximum Gasteiger partial charge on any atom is 0.0766 e. The van der Waals surface area contributed by atoms with Gasteiger partial charge >= 0.3 is 0 Å². The maximum absolute atomic E-state index is 5.71. The third-order valence-electron chi connectivity index (χ3n) is 4.31. The Labute approximate surface area is 118 Å². The molecule has 0 aromatic heterocycles. The molecular formula is C15H31N3O. The van der Waals surface area contributed by atoms with E-state index in [-0.39, 0.29) is 0 Å². The molecule has 2 heterocycles. The van der Waals surface area contributed by atoms with Crippen molar-refractivity contribution in [2.75, 3.05) is 26.7 Å². The SMILES string of the molecule is CC(C)NC1COC1CC(C)NC1CCN(C)CC1. The normalized spacial score (nSPS) is 31.4. The minimum absolute atomic E-state index is 0.399. The van der Waals surface area contributed by atoms with E-state index in [4.69, 9.17) is 4.74 Å². The van der Waals surface area contributed by atoms with Gasteiger partial charge in [-0.15, -0.1) is 0 Å². The predicted octanol–water partition coefficient (Wildman–Crippen LogP) is 1.21. The lowest BCUT2D eigenvalue weighted by Crippen LogP contribution is -2.58. The maximum atomic E-state index is 5.71. The Hall–Kier alpha value is -0.160. The fourth-order valence-electron chi connectivity index (χ4n) is 3.14. The zero-order valence-corrected chi connectivity index (χ0v) is 13.0. The van der Waals surface area contributed by atoms with Crippen LogP contribution in [0.4, 0.5) is 0 Å². The molecule has 4 heteroatoms. The van der Waals surface area contributed by atoms with Gasteiger partial charge in [-0.25, -0.2) is 0 Å². The summed E-state index contributed by atoms with van der Waals surface area (Å²) in [6.07, 6.45) is 4.08. The van der Waals surface area contributed by atoms with Gasteiger partial charge in [-0.2, -0.15) is 0 Å². The highest BCUT2D eigenvalue weighted by Gasteiger charge is 2.33. The van der Waals surface area contributed by atoms with E-state index in [0.717, 1.165) is 13.0 Å². The summed E-state index contributed by atoms with van der Waals surface area (Å²) < 4.78 is 5.71. The Morgan fingerprint density at radius 1 is 1.16 bits per heavy atom. The summed E-state index contributed by atoms with van der Waals surface area (Å²) in [5.41, 5.74) is 0. The van der Waals surface area contributed by atoms with Crippen molar-refractivity contribution in [1.29, 1.82) is 0 Å². The molecular weight excluding hydrogens is 238 g/mol. The first-order valence-corrected chi connectivity index (χ1v) is 7.87. The van der Waals surface area contributed by atoms with Crippen molar-refractivity contribution in [3.63, 3.8) is 0 Å². The van der Waals surface area contributed by atoms with Crippen molar-refractivity contribution < 1.29 is 4.74 Å². The number of likely N-dealkylation sites (tertiary alicyclic amines) is 1. The summed E-state index contributed by atoms with van der Waals surface area (Å²) in [5, 5.41) is 7.36. The molecule has 0 amide bonds. The molecule has 2 aliphatic rings. The molecule has 0 bridgehead atoms. The molecule has 4 nitrogen and oxygen atoms in total. The highest BCUT2D eigenvalue weighted by molar-refractivity contribution is 4.89. The van der Waals surface area contributed by atoms with E-state index in [1.54, 1.807) is 0 Å². The lowest BCUT2D eigenvalue weighted by Gasteiger charge is -2.41. The zero-order chi connectivity index (χ0) is 13.8. The van der Waals surface area contributed by atoms with Gasteiger partial charge in [0, 0.05) is 18.1 Å². The highest BCUT2D eigenvalue weighted by atomic mass is 16.5. The van der Waals surface area contributed by atoms with Gasteiger partial charge in [-0.3, -0.25) is 0 Å². The number of nitrogens with one attached hydrogen (secondary N) is 2. The van der Waals surface area contributed by atoms with Crippen LogP contribution >= 0.6 is 0 Å². The second kappa shape index (κ2) is 7.02. The molecule has 0 aliphatic carbocycles. The van der Waals surface area contributed by atoms with Crippen LogP contribution in [0.5, 0.6) is 0 Å². The highest BCUT2D eigenvalue weighted by Crippen LogP contribution is 2.19. The Balaban J connectivity index is 1.65. The summed E-state index contributed by atoms with van der Waals surface area (Å²) in [7, 11) is 2.21. The lowest BCUT2D eigenvalue weighted by molar-refractivity contribution is -0.0966. The average molecular weight is 269 g/mol. The van der Waals surface area contributed by atoms with E-state index in [9.17, 15) is 0 Å². The molecule has 2 N–H and O–H groups in total. The number of hydrogen-bond acceptors (Lipinski definition) is 4. The molecule has 0 saturated carbocycles. The van der Waals surface area contributed by atoms with E-state index in [1.165, 1.54) is 25.9 Å². The number of ether oxygens (including phenoxy) is 1. The van der Waals surface area contributed by atoms with Crippen molar-refractivity contribution in [1.82, 2.24) is 15.5 Å². The lowest BCUT2D eigenvalue weighted by atomic mass is 9.97. The van der Waals surface area contributed by atoms with E-state index in [1.807, 2.05) is 0 Å². The van der Waals surface area contributed by atoms with Gasteiger partial charge in [0.05, 0.1) is 18.8 Å². The van der Waals surface area contributed by atoms with Gasteiger partial charge in [-0.05, 0) is 46.3 Å². The fourth-order valence-corrected chi connectivity index (χ4v) is 3.14. The largest absolute Gasteiger partial charge is 0.375 e. The molecule has 2 saturated heterocycles. The average Bonchev–Trinajstić information content (AvgIpc) is 2.35. The fraction of sp³-hybridized carbons (Fsp3) is 1.00. The standard InChI is InChI=1S/C15H31N3O/c1-11(2)16-14-10-19-15(14)9-12(3)17-13-5-7-18(4)8-6-13/h11-17H,5-10H2,1-4H3. The number of piperidine rings is 1. The van der Waals surface area contributed by atoms with Gasteiger partial charge in [0.15, 0.2) is 0 Å². The number of rotatable bonds is 6. The Bertz CT molecular complexity index is 264. The van der Waals surface area contributed by atoms with Crippen LogP contribution in [0.1, 0.15) is 40.0 Å². The van der Waals surface area contributed by atoms with Crippen LogP contribution in [0.25, 0.3) is 0 Å². The number of nitrogens with zero attached hydrogens (tertiary/aromatic N) is 1. The molecule has 0 radical (unpaired) electrons. The minimum Gasteiger partial charge on any atom is -0.375 e. The van der Waals surface area contributed by atoms with Crippen LogP contribution in [0.3, 0.4) is 0 Å². The van der Waals surface area contributed by atoms with Crippen molar-refractivity contribution in [3.8, 4) is 0 Å². The summed E-state index contributed by atoms with van der Waals surface area (Å²) in [5.74, 6) is 0. The van der Waals surface area contributed by atoms with Crippen molar-refractivity contribution in [3.05, 3.63) is 0 Å². The van der Waals surface area contributed by atoms with Gasteiger partial charge in [-0.1, -0.05) is 13.8 Å². The van der Waals surface area contributed by atoms with Crippen LogP contribution in [0.2, 0.25) is 0 Å². The van der Waals surface area contributed by atoms with Gasteiger partial charge in [0.25, 0.3) is 0 Å². The monoisotopic (exact) mass is 269 g/mol. The summed E-state index contributed by atoms with van der Waals surface area (Å²) in [6, 6.07) is 2.35. The smallest absolute Gasteiger partial charge is 0.0766 e. The van der Waals surface area contributed by atoms with Crippen LogP contribution in [-0.2, 0) is 4.74 Å². The van der Waals surface area contributed by atoms with Crippen molar-refractivity contribution in [2.45, 2.75) is 70.3 Å². The quantitative estimate of drug-likeness (QED) is 0.760. The zero-order valence-electron chi connectivity index (χ0n) is 13.0. The van der Waals surface area contributed by atoms with Crippen LogP contribution in [0.15, 0.2) is 0 Å². The summed E-state index contributed by atoms with van der Waals surface area (Å²) in [6.45, 7) is 10.0. The molecule has 2 aliphatic heterocycles. The predicted molar refractivity (Wildman–Crippen MR) is 79.5 cm³/mol. The summed E-state index contributed by atoms with van der Waals surface area (Å²) >= 11 is 0. The first-order chi connectivity index (χ1) is 9.04. The molecule has 2 fully saturated rings. The Morgan fingerprint density at radius 2 is 1.84 bits per heavy atom. The van der Waals surface area contributed by atoms with E-state index >= 15 is 0 Å². The third-order valence-corrected chi connectivity index (χ3v) is 4.31. The Morgan fingerprint density at radius 3 is 2.37 bits per heavy atom. The molecule has 2 rings (SSSR count). The van der Waals surface area contributed by atoms with Gasteiger partial charge < -0.3 is 20.3 Å². The molecule has 112 valence electrons. The second-order valence-corrected chi connectivity index (χ2v) is 6.68. The summed E-state index contributed by atoms with van der Waals surface area (Å²) in [4.78, 5) is 2.42. The van der Waals surface area contributed by atoms with Crippen molar-refractivity contribution in [2.24, 2.45) is 0 Å². The molecule has 0 aromatic carbocycles. The van der Waals surface area contributed by atoms with Gasteiger partial charge in [0.1, 0.15) is 0 Å². The van der Waals surface area contributed by atoms with Crippen LogP contribution in [0, 0.1) is 0 Å². The second-order valence-electron chi connectivity index (χ2n) is 6.68. The number of hydrogen-bond donors (Lipinski definition) is 2. The Kier molecular flexibility index (Phi) is 5.63. The minimum atomic E-state index is 0.399. The molecule has 19 heavy (non-hydrogen) atoms. The topological polar surface area (TPSA) is 36.5 Å². The van der Waals surface area contributed by atoms with Crippen LogP contribution < -0.4 is 10.6 Å². The molecule has 3 atom stereocenters. The third kappa shape index (κ3) is 4.71. The molecule has 0 spiro atoms. The van der Waals surface area contributed by atoms with Crippen LogP contribution in [-0.4, -0.2) is 61.9 Å². The first-order valence-electron chi connectivity index (χ1n) is 7.87. The molecule has 0 aromatic rings. The van der Waals surface area contributed by atoms with E-state index in [0.29, 0.717) is 30.3 Å².